The van der Waals surface area contributed by atoms with Gasteiger partial charge in [-0.15, -0.1) is 0 Å². The maximum absolute atomic E-state index is 14.7. The van der Waals surface area contributed by atoms with Gasteiger partial charge >= 0.3 is 5.97 Å². The maximum atomic E-state index is 14.7. The molecule has 0 aliphatic heterocycles. The highest BCUT2D eigenvalue weighted by Gasteiger charge is 2.33. The lowest BCUT2D eigenvalue weighted by atomic mass is 9.83. The van der Waals surface area contributed by atoms with Crippen LogP contribution in [0.15, 0.2) is 60.7 Å². The molecule has 1 aliphatic carbocycles. The van der Waals surface area contributed by atoms with Crippen LogP contribution in [0.1, 0.15) is 46.2 Å². The molecule has 0 unspecified atom stereocenters. The Kier molecular flexibility index (Phi) is 6.31. The van der Waals surface area contributed by atoms with Crippen molar-refractivity contribution in [2.24, 2.45) is 5.92 Å². The summed E-state index contributed by atoms with van der Waals surface area (Å²) in [6.45, 7) is 0. The molecule has 0 spiro atoms. The minimum atomic E-state index is -1.05. The molecule has 0 amide bonds. The van der Waals surface area contributed by atoms with E-state index in [0.717, 1.165) is 30.1 Å². The van der Waals surface area contributed by atoms with Gasteiger partial charge in [-0.2, -0.15) is 20.0 Å². The standard InChI is InChI=1S/C29H18ClFN4O2/c30-20-8-9-21(19(13-20)14-32)26(18-6-7-18)27(17-4-1-16(2-5-17)3-12-25(36)37)22-10-11-24-28(23(22)15-33)29(31)35-34-24/h1-5,8-13,18H,6-7H2,(H,34,35)(H,36,37)/b12-3+,27-26?. The number of carboxylic acids is 1. The fourth-order valence-corrected chi connectivity index (χ4v) is 4.73. The largest absolute Gasteiger partial charge is 0.478 e. The Morgan fingerprint density at radius 3 is 2.46 bits per heavy atom. The number of hydrogen-bond donors (Lipinski definition) is 2. The van der Waals surface area contributed by atoms with Crippen molar-refractivity contribution < 1.29 is 14.3 Å². The molecule has 2 N–H and O–H groups in total. The summed E-state index contributed by atoms with van der Waals surface area (Å²) in [6.07, 6.45) is 4.33. The molecule has 37 heavy (non-hydrogen) atoms. The number of aromatic nitrogens is 2. The van der Waals surface area contributed by atoms with Crippen LogP contribution in [0, 0.1) is 34.5 Å². The number of carbonyl (C=O) groups is 1. The van der Waals surface area contributed by atoms with E-state index in [1.165, 1.54) is 6.08 Å². The van der Waals surface area contributed by atoms with E-state index in [1.54, 1.807) is 36.4 Å². The van der Waals surface area contributed by atoms with Gasteiger partial charge in [-0.1, -0.05) is 48.0 Å². The predicted molar refractivity (Wildman–Crippen MR) is 139 cm³/mol. The number of nitrogens with one attached hydrogen (secondary N) is 1. The van der Waals surface area contributed by atoms with E-state index in [1.807, 2.05) is 18.2 Å². The molecule has 0 radical (unpaired) electrons. The first-order chi connectivity index (χ1) is 17.9. The van der Waals surface area contributed by atoms with Gasteiger partial charge < -0.3 is 5.11 Å². The highest BCUT2D eigenvalue weighted by atomic mass is 35.5. The second-order valence-electron chi connectivity index (χ2n) is 8.69. The number of nitrogens with zero attached hydrogens (tertiary/aromatic N) is 3. The van der Waals surface area contributed by atoms with Gasteiger partial charge in [0.05, 0.1) is 28.1 Å². The Hall–Kier alpha value is -4.72. The zero-order valence-corrected chi connectivity index (χ0v) is 20.1. The Labute approximate surface area is 216 Å². The summed E-state index contributed by atoms with van der Waals surface area (Å²) in [5.74, 6) is -1.62. The van der Waals surface area contributed by atoms with Crippen molar-refractivity contribution in [3.05, 3.63) is 105 Å². The third kappa shape index (κ3) is 4.61. The minimum Gasteiger partial charge on any atom is -0.478 e. The molecule has 1 saturated carbocycles. The molecular weight excluding hydrogens is 491 g/mol. The van der Waals surface area contributed by atoms with Crippen molar-refractivity contribution >= 4 is 45.7 Å². The summed E-state index contributed by atoms with van der Waals surface area (Å²) >= 11 is 6.19. The summed E-state index contributed by atoms with van der Waals surface area (Å²) in [5.41, 5.74) is 5.11. The molecule has 8 heteroatoms. The SMILES string of the molecule is N#Cc1cc(Cl)ccc1C(=C(c1ccc(/C=C/C(=O)O)cc1)c1ccc2n[nH]c(F)c2c1C#N)C1CC1. The van der Waals surface area contributed by atoms with Crippen molar-refractivity contribution in [3.8, 4) is 12.1 Å². The Morgan fingerprint density at radius 2 is 1.81 bits per heavy atom. The third-order valence-corrected chi connectivity index (χ3v) is 6.56. The number of allylic oxidation sites excluding steroid dienone is 1. The van der Waals surface area contributed by atoms with Crippen molar-refractivity contribution in [1.29, 1.82) is 10.5 Å². The molecule has 1 aromatic heterocycles. The summed E-state index contributed by atoms with van der Waals surface area (Å²) in [6, 6.07) is 20.2. The lowest BCUT2D eigenvalue weighted by molar-refractivity contribution is -0.131. The van der Waals surface area contributed by atoms with Crippen LogP contribution in [0.25, 0.3) is 28.1 Å². The van der Waals surface area contributed by atoms with Crippen LogP contribution < -0.4 is 0 Å². The fraction of sp³-hybridized carbons (Fsp3) is 0.103. The lowest BCUT2D eigenvalue weighted by Crippen LogP contribution is -2.02. The zero-order valence-electron chi connectivity index (χ0n) is 19.3. The molecule has 0 atom stereocenters. The van der Waals surface area contributed by atoms with Gasteiger partial charge in [-0.3, -0.25) is 5.10 Å². The number of nitriles is 2. The zero-order chi connectivity index (χ0) is 26.1. The number of H-pyrrole nitrogens is 1. The van der Waals surface area contributed by atoms with Crippen LogP contribution in [0.5, 0.6) is 0 Å². The predicted octanol–water partition coefficient (Wildman–Crippen LogP) is 6.57. The summed E-state index contributed by atoms with van der Waals surface area (Å²) in [5, 5.41) is 35.8. The molecule has 4 aromatic rings. The molecule has 6 nitrogen and oxygen atoms in total. The number of benzene rings is 3. The van der Waals surface area contributed by atoms with Gasteiger partial charge in [0.2, 0.25) is 5.95 Å². The Balaban J connectivity index is 1.85. The van der Waals surface area contributed by atoms with E-state index in [9.17, 15) is 19.7 Å². The van der Waals surface area contributed by atoms with E-state index < -0.39 is 11.9 Å². The highest BCUT2D eigenvalue weighted by molar-refractivity contribution is 6.30. The second-order valence-corrected chi connectivity index (χ2v) is 9.13. The lowest BCUT2D eigenvalue weighted by Gasteiger charge is -2.19. The molecule has 180 valence electrons. The number of aliphatic carboxylic acids is 1. The van der Waals surface area contributed by atoms with E-state index in [2.05, 4.69) is 22.3 Å². The van der Waals surface area contributed by atoms with Gasteiger partial charge in [0.25, 0.3) is 0 Å². The first-order valence-electron chi connectivity index (χ1n) is 11.4. The van der Waals surface area contributed by atoms with Crippen LogP contribution >= 0.6 is 11.6 Å². The number of carboxylic acid groups (broad SMARTS) is 1. The molecule has 5 rings (SSSR count). The molecule has 3 aromatic carbocycles. The number of rotatable bonds is 6. The van der Waals surface area contributed by atoms with E-state index in [4.69, 9.17) is 16.7 Å². The fourth-order valence-electron chi connectivity index (χ4n) is 4.56. The first kappa shape index (κ1) is 24.0. The van der Waals surface area contributed by atoms with Crippen LogP contribution in [-0.2, 0) is 4.79 Å². The van der Waals surface area contributed by atoms with Crippen LogP contribution in [0.4, 0.5) is 4.39 Å². The average Bonchev–Trinajstić information content (AvgIpc) is 3.67. The van der Waals surface area contributed by atoms with Gasteiger partial charge in [-0.25, -0.2) is 4.79 Å². The molecular formula is C29H18ClFN4O2. The minimum absolute atomic E-state index is 0.102. The molecule has 1 heterocycles. The van der Waals surface area contributed by atoms with Gasteiger partial charge in [-0.05, 0) is 70.9 Å². The van der Waals surface area contributed by atoms with Crippen LogP contribution in [0.2, 0.25) is 5.02 Å². The van der Waals surface area contributed by atoms with E-state index in [0.29, 0.717) is 38.4 Å². The van der Waals surface area contributed by atoms with Gasteiger partial charge in [0, 0.05) is 16.7 Å². The topological polar surface area (TPSA) is 114 Å². The first-order valence-corrected chi connectivity index (χ1v) is 11.8. The van der Waals surface area contributed by atoms with Crippen molar-refractivity contribution in [2.75, 3.05) is 0 Å². The molecule has 1 fully saturated rings. The van der Waals surface area contributed by atoms with E-state index >= 15 is 0 Å². The third-order valence-electron chi connectivity index (χ3n) is 6.32. The second kappa shape index (κ2) is 9.73. The Bertz CT molecular complexity index is 1700. The van der Waals surface area contributed by atoms with Gasteiger partial charge in [0.1, 0.15) is 6.07 Å². The number of aromatic amines is 1. The summed E-state index contributed by atoms with van der Waals surface area (Å²) in [7, 11) is 0. The maximum Gasteiger partial charge on any atom is 0.328 e. The smallest absolute Gasteiger partial charge is 0.328 e. The molecule has 1 aliphatic rings. The molecule has 0 bridgehead atoms. The normalized spacial score (nSPS) is 13.8. The average molecular weight is 509 g/mol. The number of fused-ring (bicyclic) bond motifs is 1. The van der Waals surface area contributed by atoms with Crippen LogP contribution in [-0.4, -0.2) is 21.3 Å². The van der Waals surface area contributed by atoms with Crippen LogP contribution in [0.3, 0.4) is 0 Å². The van der Waals surface area contributed by atoms with E-state index in [-0.39, 0.29) is 16.9 Å². The monoisotopic (exact) mass is 508 g/mol. The van der Waals surface area contributed by atoms with Crippen molar-refractivity contribution in [3.63, 3.8) is 0 Å². The summed E-state index contributed by atoms with van der Waals surface area (Å²) < 4.78 is 14.7. The quantitative estimate of drug-likeness (QED) is 0.226. The van der Waals surface area contributed by atoms with Gasteiger partial charge in [0.15, 0.2) is 0 Å². The van der Waals surface area contributed by atoms with Crippen molar-refractivity contribution in [2.45, 2.75) is 12.8 Å². The number of hydrogen-bond acceptors (Lipinski definition) is 4. The highest BCUT2D eigenvalue weighted by Crippen LogP contribution is 2.49. The number of halogens is 2. The van der Waals surface area contributed by atoms with Crippen molar-refractivity contribution in [1.82, 2.24) is 10.2 Å². The summed E-state index contributed by atoms with van der Waals surface area (Å²) in [4.78, 5) is 10.9. The molecule has 0 saturated heterocycles. The Morgan fingerprint density at radius 1 is 1.08 bits per heavy atom.